The van der Waals surface area contributed by atoms with Crippen molar-refractivity contribution in [3.8, 4) is 28.7 Å². The number of ketones is 2. The van der Waals surface area contributed by atoms with Gasteiger partial charge in [0, 0.05) is 49.8 Å². The van der Waals surface area contributed by atoms with Crippen molar-refractivity contribution >= 4 is 81.0 Å². The van der Waals surface area contributed by atoms with Crippen molar-refractivity contribution in [2.45, 2.75) is 80.6 Å². The Kier molecular flexibility index (Phi) is 14.5. The van der Waals surface area contributed by atoms with Crippen LogP contribution in [-0.2, 0) is 38.2 Å². The first kappa shape index (κ1) is 47.4. The molecule has 2 heterocycles. The third-order valence-corrected chi connectivity index (χ3v) is 9.70. The number of methoxy groups -OCH3 is 2. The minimum Gasteiger partial charge on any atom is -0.488 e. The number of ether oxygens (including phenoxy) is 8. The Bertz CT molecular complexity index is 2800. The Labute approximate surface area is 363 Å². The van der Waals surface area contributed by atoms with Crippen molar-refractivity contribution in [2.75, 3.05) is 20.8 Å². The second-order valence-corrected chi connectivity index (χ2v) is 13.7. The van der Waals surface area contributed by atoms with Crippen molar-refractivity contribution in [3.05, 3.63) is 67.4 Å². The van der Waals surface area contributed by atoms with Crippen LogP contribution in [0.1, 0.15) is 126 Å². The predicted octanol–water partition coefficient (Wildman–Crippen LogP) is 6.23. The van der Waals surface area contributed by atoms with Crippen LogP contribution >= 0.6 is 0 Å². The maximum atomic E-state index is 14.8. The Balaban J connectivity index is 1.95. The molecule has 0 atom stereocenters. The van der Waals surface area contributed by atoms with Gasteiger partial charge < -0.3 is 42.3 Å². The van der Waals surface area contributed by atoms with Crippen LogP contribution in [0.15, 0.2) is 33.0 Å². The van der Waals surface area contributed by atoms with Gasteiger partial charge in [0.25, 0.3) is 0 Å². The highest BCUT2D eigenvalue weighted by molar-refractivity contribution is 6.22. The fourth-order valence-corrected chi connectivity index (χ4v) is 6.53. The third-order valence-electron chi connectivity index (χ3n) is 9.70. The number of fused-ring (bicyclic) bond motifs is 3. The Morgan fingerprint density at radius 2 is 1.14 bits per heavy atom. The lowest BCUT2D eigenvalue weighted by molar-refractivity contribution is -0.136. The van der Waals surface area contributed by atoms with Crippen LogP contribution in [0.2, 0.25) is 0 Å². The van der Waals surface area contributed by atoms with Crippen molar-refractivity contribution in [2.24, 2.45) is 0 Å². The van der Waals surface area contributed by atoms with E-state index in [1.807, 2.05) is 0 Å². The molecule has 0 aliphatic carbocycles. The molecule has 0 saturated heterocycles. The molecule has 336 valence electrons. The smallest absolute Gasteiger partial charge is 0.342 e. The van der Waals surface area contributed by atoms with E-state index in [0.29, 0.717) is 0 Å². The third kappa shape index (κ3) is 8.95. The quantitative estimate of drug-likeness (QED) is 0.0258. The highest BCUT2D eigenvalue weighted by Gasteiger charge is 2.39. The summed E-state index contributed by atoms with van der Waals surface area (Å²) >= 11 is 0. The van der Waals surface area contributed by atoms with Gasteiger partial charge in [0.1, 0.15) is 40.4 Å². The fraction of sp³-hybridized carbons (Fsp3) is 0.333. The molecule has 1 aliphatic rings. The maximum absolute atomic E-state index is 14.8. The van der Waals surface area contributed by atoms with E-state index in [1.165, 1.54) is 41.5 Å². The molecule has 0 amide bonds. The van der Waals surface area contributed by atoms with E-state index in [-0.39, 0.29) is 60.1 Å². The van der Waals surface area contributed by atoms with Crippen molar-refractivity contribution < 1.29 is 85.5 Å². The summed E-state index contributed by atoms with van der Waals surface area (Å²) in [5.41, 5.74) is -4.60. The minimum absolute atomic E-state index is 0.000552. The molecule has 0 saturated carbocycles. The summed E-state index contributed by atoms with van der Waals surface area (Å²) in [6.07, 6.45) is -0.979. The van der Waals surface area contributed by atoms with Gasteiger partial charge in [0.15, 0.2) is 28.8 Å². The van der Waals surface area contributed by atoms with Gasteiger partial charge in [-0.1, -0.05) is 34.6 Å². The molecule has 4 aromatic rings. The number of benzene rings is 3. The minimum atomic E-state index is -1.22. The topological polar surface area (TPSA) is 258 Å². The van der Waals surface area contributed by atoms with Crippen LogP contribution in [0.5, 0.6) is 28.7 Å². The number of carbonyl (C=O) groups excluding carboxylic acids is 9. The molecule has 64 heavy (non-hydrogen) atoms. The summed E-state index contributed by atoms with van der Waals surface area (Å²) in [6, 6.07) is 3.22. The molecule has 0 spiro atoms. The lowest BCUT2D eigenvalue weighted by Crippen LogP contribution is -2.26. The summed E-state index contributed by atoms with van der Waals surface area (Å²) in [7, 11) is 1.95. The van der Waals surface area contributed by atoms with Crippen LogP contribution < -0.4 is 29.1 Å². The SMILES string of the molecule is CCC(=O)O/C(=C1/COc2cc(OC(=O)CC)c(OC(=O)CC)c(C(=O)OC)c2C1=O)c1cc2c(=O)c3c(C(=O)OC)c(OC(=O)CC)c(OC(=O)CC)cc3oc2c(C(C)=O)c1C. The molecule has 19 heteroatoms. The second-order valence-electron chi connectivity index (χ2n) is 13.7. The maximum Gasteiger partial charge on any atom is 0.342 e. The molecule has 1 aliphatic heterocycles. The Morgan fingerprint density at radius 1 is 0.641 bits per heavy atom. The van der Waals surface area contributed by atoms with Crippen LogP contribution in [0, 0.1) is 6.92 Å². The zero-order valence-electron chi connectivity index (χ0n) is 36.2. The normalized spacial score (nSPS) is 12.7. The molecule has 0 N–H and O–H groups in total. The molecule has 0 bridgehead atoms. The van der Waals surface area contributed by atoms with Crippen LogP contribution in [0.3, 0.4) is 0 Å². The standard InChI is InChI=1S/C45H42O19/c1-10-28(47)59-26-16-24-34(36(44(54)56-8)42(26)63-31(50)13-4)39(53)23(18-58-24)40(62-30(49)12-3)21-15-22-38(52)35-25(61-41(22)33(19(21)6)20(7)46)17-27(60-29(48)11-2)43(64-32(51)14-5)37(35)45(55)57-9/h15-17H,10-14,18H2,1-9H3/b40-23-. The predicted molar refractivity (Wildman–Crippen MR) is 221 cm³/mol. The van der Waals surface area contributed by atoms with E-state index in [0.717, 1.165) is 39.3 Å². The average molecular weight is 887 g/mol. The highest BCUT2D eigenvalue weighted by atomic mass is 16.6. The van der Waals surface area contributed by atoms with Crippen LogP contribution in [-0.4, -0.2) is 74.2 Å². The molecule has 0 fully saturated rings. The van der Waals surface area contributed by atoms with E-state index in [1.54, 1.807) is 0 Å². The van der Waals surface area contributed by atoms with Gasteiger partial charge in [-0.05, 0) is 25.5 Å². The van der Waals surface area contributed by atoms with Gasteiger partial charge >= 0.3 is 41.8 Å². The van der Waals surface area contributed by atoms with Crippen molar-refractivity contribution in [1.29, 1.82) is 0 Å². The Morgan fingerprint density at radius 3 is 1.66 bits per heavy atom. The first-order valence-corrected chi connectivity index (χ1v) is 19.8. The first-order chi connectivity index (χ1) is 30.4. The average Bonchev–Trinajstić information content (AvgIpc) is 3.27. The number of rotatable bonds is 14. The lowest BCUT2D eigenvalue weighted by atomic mass is 9.89. The number of Topliss-reactive ketones (excluding diaryl/α,β-unsaturated/α-hetero) is 2. The highest BCUT2D eigenvalue weighted by Crippen LogP contribution is 2.46. The van der Waals surface area contributed by atoms with Gasteiger partial charge in [0.2, 0.25) is 11.2 Å². The molecule has 0 radical (unpaired) electrons. The Hall–Kier alpha value is -7.70. The molecule has 5 rings (SSSR count). The number of carbonyl (C=O) groups is 9. The fourth-order valence-electron chi connectivity index (χ4n) is 6.53. The van der Waals surface area contributed by atoms with Gasteiger partial charge in [-0.2, -0.15) is 0 Å². The number of hydrogen-bond donors (Lipinski definition) is 0. The van der Waals surface area contributed by atoms with Crippen molar-refractivity contribution in [3.63, 3.8) is 0 Å². The summed E-state index contributed by atoms with van der Waals surface area (Å²) in [6.45, 7) is 9.15. The monoisotopic (exact) mass is 886 g/mol. The number of esters is 7. The van der Waals surface area contributed by atoms with E-state index < -0.39 is 133 Å². The van der Waals surface area contributed by atoms with E-state index in [9.17, 15) is 47.9 Å². The summed E-state index contributed by atoms with van der Waals surface area (Å²) in [4.78, 5) is 134. The van der Waals surface area contributed by atoms with Gasteiger partial charge in [0.05, 0.1) is 41.7 Å². The summed E-state index contributed by atoms with van der Waals surface area (Å²) in [5.74, 6) is -11.6. The van der Waals surface area contributed by atoms with Crippen LogP contribution in [0.25, 0.3) is 27.7 Å². The van der Waals surface area contributed by atoms with Gasteiger partial charge in [-0.3, -0.25) is 38.4 Å². The zero-order valence-corrected chi connectivity index (χ0v) is 36.2. The summed E-state index contributed by atoms with van der Waals surface area (Å²) in [5, 5.41) is -0.961. The lowest BCUT2D eigenvalue weighted by Gasteiger charge is -2.26. The molecule has 3 aromatic carbocycles. The second kappa shape index (κ2) is 19.6. The van der Waals surface area contributed by atoms with Gasteiger partial charge in [-0.25, -0.2) is 9.59 Å². The zero-order chi connectivity index (χ0) is 47.3. The van der Waals surface area contributed by atoms with Crippen LogP contribution in [0.4, 0.5) is 0 Å². The molecule has 0 unspecified atom stereocenters. The molecular weight excluding hydrogens is 844 g/mol. The summed E-state index contributed by atoms with van der Waals surface area (Å²) < 4.78 is 49.5. The molecule has 19 nitrogen and oxygen atoms in total. The number of hydrogen-bond acceptors (Lipinski definition) is 19. The van der Waals surface area contributed by atoms with E-state index in [4.69, 9.17) is 42.3 Å². The van der Waals surface area contributed by atoms with E-state index >= 15 is 0 Å². The van der Waals surface area contributed by atoms with E-state index in [2.05, 4.69) is 0 Å². The molecule has 1 aromatic heterocycles. The molecular formula is C45H42O19. The van der Waals surface area contributed by atoms with Gasteiger partial charge in [-0.15, -0.1) is 0 Å². The first-order valence-electron chi connectivity index (χ1n) is 19.8. The largest absolute Gasteiger partial charge is 0.488 e. The van der Waals surface area contributed by atoms with Crippen molar-refractivity contribution in [1.82, 2.24) is 0 Å².